The first-order valence-electron chi connectivity index (χ1n) is 10.2. The minimum absolute atomic E-state index is 0.115. The third-order valence-corrected chi connectivity index (χ3v) is 6.75. The molecule has 1 aliphatic heterocycles. The summed E-state index contributed by atoms with van der Waals surface area (Å²) in [6.07, 6.45) is 0.788. The van der Waals surface area contributed by atoms with E-state index in [0.29, 0.717) is 18.7 Å². The van der Waals surface area contributed by atoms with Crippen molar-refractivity contribution in [2.24, 2.45) is 5.92 Å². The molecule has 1 aliphatic rings. The summed E-state index contributed by atoms with van der Waals surface area (Å²) in [5.74, 6) is -0.0725. The summed E-state index contributed by atoms with van der Waals surface area (Å²) in [5.41, 5.74) is 1.83. The minimum atomic E-state index is -4.07. The number of hydrogen-bond acceptors (Lipinski definition) is 4. The van der Waals surface area contributed by atoms with Crippen LogP contribution in [0.5, 0.6) is 5.75 Å². The zero-order chi connectivity index (χ0) is 22.7. The van der Waals surface area contributed by atoms with Crippen molar-refractivity contribution in [3.05, 3.63) is 89.2 Å². The maximum Gasteiger partial charge on any atom is 0.262 e. The molecule has 4 rings (SSSR count). The van der Waals surface area contributed by atoms with Gasteiger partial charge in [0.2, 0.25) is 0 Å². The molecule has 0 spiro atoms. The summed E-state index contributed by atoms with van der Waals surface area (Å²) in [7, 11) is -4.07. The van der Waals surface area contributed by atoms with Crippen molar-refractivity contribution >= 4 is 21.6 Å². The number of rotatable bonds is 6. The van der Waals surface area contributed by atoms with Crippen LogP contribution in [-0.2, 0) is 16.4 Å². The van der Waals surface area contributed by atoms with Gasteiger partial charge in [0.15, 0.2) is 0 Å². The van der Waals surface area contributed by atoms with Crippen molar-refractivity contribution in [1.82, 2.24) is 5.32 Å². The molecule has 8 heteroatoms. The zero-order valence-electron chi connectivity index (χ0n) is 17.5. The summed E-state index contributed by atoms with van der Waals surface area (Å²) in [6, 6.07) is 17.6. The Bertz CT molecular complexity index is 1260. The van der Waals surface area contributed by atoms with Crippen molar-refractivity contribution in [3.63, 3.8) is 0 Å². The number of carbonyl (C=O) groups is 1. The molecule has 3 aromatic rings. The summed E-state index contributed by atoms with van der Waals surface area (Å²) < 4.78 is 47.3. The monoisotopic (exact) mass is 454 g/mol. The number of amides is 1. The quantitative estimate of drug-likeness (QED) is 0.591. The lowest BCUT2D eigenvalue weighted by atomic mass is 9.96. The van der Waals surface area contributed by atoms with Gasteiger partial charge in [0.05, 0.1) is 17.2 Å². The lowest BCUT2D eigenvalue weighted by molar-refractivity contribution is 0.0938. The van der Waals surface area contributed by atoms with E-state index in [2.05, 4.69) is 10.0 Å². The van der Waals surface area contributed by atoms with E-state index >= 15 is 0 Å². The van der Waals surface area contributed by atoms with E-state index < -0.39 is 15.8 Å². The van der Waals surface area contributed by atoms with Crippen molar-refractivity contribution in [2.75, 3.05) is 17.9 Å². The van der Waals surface area contributed by atoms with Gasteiger partial charge in [-0.05, 0) is 54.8 Å². The van der Waals surface area contributed by atoms with Gasteiger partial charge in [-0.1, -0.05) is 36.4 Å². The number of halogens is 1. The van der Waals surface area contributed by atoms with E-state index in [1.54, 1.807) is 13.0 Å². The van der Waals surface area contributed by atoms with Crippen molar-refractivity contribution in [1.29, 1.82) is 0 Å². The van der Waals surface area contributed by atoms with Crippen LogP contribution in [0, 0.1) is 18.7 Å². The van der Waals surface area contributed by atoms with E-state index in [0.717, 1.165) is 17.7 Å². The lowest BCUT2D eigenvalue weighted by Gasteiger charge is -2.25. The summed E-state index contributed by atoms with van der Waals surface area (Å²) >= 11 is 0. The summed E-state index contributed by atoms with van der Waals surface area (Å²) in [4.78, 5) is 12.7. The fourth-order valence-corrected chi connectivity index (χ4v) is 4.71. The van der Waals surface area contributed by atoms with Crippen LogP contribution in [0.15, 0.2) is 71.6 Å². The highest BCUT2D eigenvalue weighted by Gasteiger charge is 2.22. The third-order valence-electron chi connectivity index (χ3n) is 5.39. The second-order valence-corrected chi connectivity index (χ2v) is 9.44. The van der Waals surface area contributed by atoms with Crippen LogP contribution < -0.4 is 14.8 Å². The van der Waals surface area contributed by atoms with Crippen LogP contribution in [0.4, 0.5) is 10.1 Å². The first-order chi connectivity index (χ1) is 15.3. The number of carbonyl (C=O) groups excluding carboxylic acids is 1. The molecule has 0 saturated carbocycles. The second-order valence-electron chi connectivity index (χ2n) is 7.76. The largest absolute Gasteiger partial charge is 0.493 e. The maximum absolute atomic E-state index is 13.9. The van der Waals surface area contributed by atoms with Crippen molar-refractivity contribution in [3.8, 4) is 5.75 Å². The smallest absolute Gasteiger partial charge is 0.262 e. The van der Waals surface area contributed by atoms with Crippen LogP contribution >= 0.6 is 0 Å². The molecule has 0 aliphatic carbocycles. The number of anilines is 1. The molecule has 1 amide bonds. The molecule has 2 N–H and O–H groups in total. The number of ether oxygens (including phenoxy) is 1. The molecular formula is C24H23FN2O4S. The van der Waals surface area contributed by atoms with Crippen molar-refractivity contribution < 1.29 is 22.3 Å². The minimum Gasteiger partial charge on any atom is -0.493 e. The number of fused-ring (bicyclic) bond motifs is 1. The Kier molecular flexibility index (Phi) is 6.14. The molecular weight excluding hydrogens is 431 g/mol. The molecule has 0 radical (unpaired) electrons. The van der Waals surface area contributed by atoms with E-state index in [-0.39, 0.29) is 28.0 Å². The van der Waals surface area contributed by atoms with E-state index in [1.807, 2.05) is 24.3 Å². The Balaban J connectivity index is 1.46. The van der Waals surface area contributed by atoms with Crippen LogP contribution in [0.3, 0.4) is 0 Å². The van der Waals surface area contributed by atoms with Crippen LogP contribution in [0.1, 0.15) is 21.5 Å². The fourth-order valence-electron chi connectivity index (χ4n) is 3.61. The van der Waals surface area contributed by atoms with Gasteiger partial charge in [-0.3, -0.25) is 9.52 Å². The predicted octanol–water partition coefficient (Wildman–Crippen LogP) is 3.92. The van der Waals surface area contributed by atoms with E-state index in [4.69, 9.17) is 4.74 Å². The van der Waals surface area contributed by atoms with Gasteiger partial charge in [-0.2, -0.15) is 0 Å². The van der Waals surface area contributed by atoms with E-state index in [1.165, 1.54) is 36.4 Å². The summed E-state index contributed by atoms with van der Waals surface area (Å²) in [6.45, 7) is 2.63. The number of nitrogens with one attached hydrogen (secondary N) is 2. The average Bonchev–Trinajstić information content (AvgIpc) is 2.79. The lowest BCUT2D eigenvalue weighted by Crippen LogP contribution is -2.35. The standard InChI is InChI=1S/C24H23FN2O4S/c1-16-10-11-19(32(29,30)27-22-8-4-3-7-21(22)25)13-20(16)24(28)26-14-17-12-18-6-2-5-9-23(18)31-15-17/h2-11,13,17,27H,12,14-15H2,1H3,(H,26,28). The first-order valence-corrected chi connectivity index (χ1v) is 11.7. The zero-order valence-corrected chi connectivity index (χ0v) is 18.3. The van der Waals surface area contributed by atoms with Gasteiger partial charge in [-0.25, -0.2) is 12.8 Å². The summed E-state index contributed by atoms with van der Waals surface area (Å²) in [5, 5.41) is 2.88. The molecule has 32 heavy (non-hydrogen) atoms. The van der Waals surface area contributed by atoms with Gasteiger partial charge >= 0.3 is 0 Å². The van der Waals surface area contributed by atoms with Gasteiger partial charge < -0.3 is 10.1 Å². The number of hydrogen-bond donors (Lipinski definition) is 2. The molecule has 0 saturated heterocycles. The Morgan fingerprint density at radius 3 is 2.66 bits per heavy atom. The van der Waals surface area contributed by atoms with Gasteiger partial charge in [0.1, 0.15) is 11.6 Å². The normalized spacial score (nSPS) is 15.4. The fraction of sp³-hybridized carbons (Fsp3) is 0.208. The topological polar surface area (TPSA) is 84.5 Å². The van der Waals surface area contributed by atoms with Crippen molar-refractivity contribution in [2.45, 2.75) is 18.2 Å². The van der Waals surface area contributed by atoms with E-state index in [9.17, 15) is 17.6 Å². The van der Waals surface area contributed by atoms with Crippen LogP contribution in [-0.4, -0.2) is 27.5 Å². The number of aryl methyl sites for hydroxylation is 1. The van der Waals surface area contributed by atoms with Gasteiger partial charge in [0.25, 0.3) is 15.9 Å². The predicted molar refractivity (Wildman–Crippen MR) is 120 cm³/mol. The van der Waals surface area contributed by atoms with Gasteiger partial charge in [0, 0.05) is 18.0 Å². The molecule has 1 atom stereocenters. The highest BCUT2D eigenvalue weighted by molar-refractivity contribution is 7.92. The molecule has 6 nitrogen and oxygen atoms in total. The highest BCUT2D eigenvalue weighted by atomic mass is 32.2. The third kappa shape index (κ3) is 4.75. The molecule has 3 aromatic carbocycles. The van der Waals surface area contributed by atoms with Gasteiger partial charge in [-0.15, -0.1) is 0 Å². The molecule has 0 aromatic heterocycles. The molecule has 0 bridgehead atoms. The Labute approximate surface area is 186 Å². The molecule has 1 unspecified atom stereocenters. The highest BCUT2D eigenvalue weighted by Crippen LogP contribution is 2.26. The number of para-hydroxylation sites is 2. The number of sulfonamides is 1. The van der Waals surface area contributed by atoms with Crippen LogP contribution in [0.2, 0.25) is 0 Å². The number of benzene rings is 3. The molecule has 1 heterocycles. The molecule has 0 fully saturated rings. The SMILES string of the molecule is Cc1ccc(S(=O)(=O)Nc2ccccc2F)cc1C(=O)NCC1COc2ccccc2C1. The van der Waals surface area contributed by atoms with Crippen LogP contribution in [0.25, 0.3) is 0 Å². The molecule has 166 valence electrons. The Morgan fingerprint density at radius 1 is 1.09 bits per heavy atom. The first kappa shape index (κ1) is 21.8. The maximum atomic E-state index is 13.9. The average molecular weight is 455 g/mol. The Hall–Kier alpha value is -3.39. The second kappa shape index (κ2) is 9.00. The Morgan fingerprint density at radius 2 is 1.84 bits per heavy atom.